The van der Waals surface area contributed by atoms with E-state index >= 15 is 0 Å². The SMILES string of the molecule is CSCC[C@H](NC(=O)OCC1c2ccccc2-c2ccccc21)C(=O)NCc1ccc(C(=O)O)o1. The molecule has 0 radical (unpaired) electrons. The van der Waals surface area contributed by atoms with Gasteiger partial charge in [-0.1, -0.05) is 48.5 Å². The highest BCUT2D eigenvalue weighted by Crippen LogP contribution is 2.44. The standard InChI is InChI=1S/C26H26N2O6S/c1-35-13-12-22(24(29)27-14-16-10-11-23(34-16)25(30)31)28-26(32)33-15-21-19-8-4-2-6-17(19)18-7-3-5-9-20(18)21/h2-11,21-22H,12-15H2,1H3,(H,27,29)(H,28,32)(H,30,31)/t22-/m0/s1. The summed E-state index contributed by atoms with van der Waals surface area (Å²) in [6.07, 6.45) is 1.66. The maximum atomic E-state index is 12.7. The summed E-state index contributed by atoms with van der Waals surface area (Å²) in [5.41, 5.74) is 4.49. The molecule has 0 unspecified atom stereocenters. The van der Waals surface area contributed by atoms with Crippen LogP contribution in [0.4, 0.5) is 4.79 Å². The molecule has 35 heavy (non-hydrogen) atoms. The highest BCUT2D eigenvalue weighted by molar-refractivity contribution is 7.98. The number of furan rings is 1. The summed E-state index contributed by atoms with van der Waals surface area (Å²) in [6.45, 7) is 0.162. The fraction of sp³-hybridized carbons (Fsp3) is 0.269. The van der Waals surface area contributed by atoms with E-state index in [1.54, 1.807) is 11.8 Å². The molecule has 1 atom stereocenters. The van der Waals surface area contributed by atoms with Gasteiger partial charge in [0, 0.05) is 5.92 Å². The average molecular weight is 495 g/mol. The molecule has 1 aromatic heterocycles. The Hall–Kier alpha value is -3.72. The number of carbonyl (C=O) groups excluding carboxylic acids is 2. The first-order valence-corrected chi connectivity index (χ1v) is 12.6. The number of carbonyl (C=O) groups is 3. The third kappa shape index (κ3) is 5.68. The number of thioether (sulfide) groups is 1. The molecule has 0 saturated heterocycles. The molecule has 0 bridgehead atoms. The number of aromatic carboxylic acids is 1. The summed E-state index contributed by atoms with van der Waals surface area (Å²) in [6, 6.07) is 18.2. The predicted molar refractivity (Wildman–Crippen MR) is 133 cm³/mol. The van der Waals surface area contributed by atoms with Gasteiger partial charge in [-0.05, 0) is 52.8 Å². The second-order valence-electron chi connectivity index (χ2n) is 8.09. The Morgan fingerprint density at radius 3 is 2.29 bits per heavy atom. The van der Waals surface area contributed by atoms with Gasteiger partial charge in [-0.3, -0.25) is 4.79 Å². The number of amides is 2. The van der Waals surface area contributed by atoms with E-state index in [-0.39, 0.29) is 24.8 Å². The number of fused-ring (bicyclic) bond motifs is 3. The quantitative estimate of drug-likeness (QED) is 0.386. The van der Waals surface area contributed by atoms with Crippen molar-refractivity contribution in [2.24, 2.45) is 0 Å². The molecule has 0 spiro atoms. The fourth-order valence-corrected chi connectivity index (χ4v) is 4.64. The van der Waals surface area contributed by atoms with E-state index in [0.29, 0.717) is 17.9 Å². The smallest absolute Gasteiger partial charge is 0.407 e. The number of rotatable bonds is 10. The summed E-state index contributed by atoms with van der Waals surface area (Å²) >= 11 is 1.56. The molecular formula is C26H26N2O6S. The molecule has 1 heterocycles. The van der Waals surface area contributed by atoms with E-state index in [9.17, 15) is 14.4 Å². The zero-order valence-corrected chi connectivity index (χ0v) is 20.0. The zero-order chi connectivity index (χ0) is 24.8. The van der Waals surface area contributed by atoms with Gasteiger partial charge < -0.3 is 24.9 Å². The predicted octanol–water partition coefficient (Wildman–Crippen LogP) is 4.25. The summed E-state index contributed by atoms with van der Waals surface area (Å²) in [7, 11) is 0. The van der Waals surface area contributed by atoms with Crippen LogP contribution < -0.4 is 10.6 Å². The van der Waals surface area contributed by atoms with Crippen molar-refractivity contribution < 1.29 is 28.6 Å². The molecule has 1 aliphatic rings. The van der Waals surface area contributed by atoms with E-state index in [1.165, 1.54) is 12.1 Å². The van der Waals surface area contributed by atoms with Crippen molar-refractivity contribution in [3.8, 4) is 11.1 Å². The van der Waals surface area contributed by atoms with Crippen LogP contribution in [0.2, 0.25) is 0 Å². The molecule has 4 rings (SSSR count). The largest absolute Gasteiger partial charge is 0.475 e. The minimum atomic E-state index is -1.18. The molecule has 0 fully saturated rings. The van der Waals surface area contributed by atoms with Crippen molar-refractivity contribution in [2.75, 3.05) is 18.6 Å². The maximum Gasteiger partial charge on any atom is 0.407 e. The molecule has 0 saturated carbocycles. The molecule has 182 valence electrons. The lowest BCUT2D eigenvalue weighted by Gasteiger charge is -2.19. The molecular weight excluding hydrogens is 468 g/mol. The summed E-state index contributed by atoms with van der Waals surface area (Å²) < 4.78 is 10.7. The first-order chi connectivity index (χ1) is 17.0. The minimum absolute atomic E-state index is 0.00819. The fourth-order valence-electron chi connectivity index (χ4n) is 4.17. The van der Waals surface area contributed by atoms with Crippen molar-refractivity contribution >= 4 is 29.7 Å². The van der Waals surface area contributed by atoms with E-state index in [2.05, 4.69) is 22.8 Å². The van der Waals surface area contributed by atoms with Crippen LogP contribution in [0.25, 0.3) is 11.1 Å². The van der Waals surface area contributed by atoms with Crippen LogP contribution in [0.3, 0.4) is 0 Å². The Morgan fingerprint density at radius 2 is 1.69 bits per heavy atom. The van der Waals surface area contributed by atoms with E-state index in [1.807, 2.05) is 42.7 Å². The first kappa shape index (κ1) is 24.4. The van der Waals surface area contributed by atoms with Gasteiger partial charge >= 0.3 is 12.1 Å². The summed E-state index contributed by atoms with van der Waals surface area (Å²) in [5, 5.41) is 14.3. The highest BCUT2D eigenvalue weighted by Gasteiger charge is 2.29. The lowest BCUT2D eigenvalue weighted by Crippen LogP contribution is -2.47. The molecule has 8 nitrogen and oxygen atoms in total. The Kier molecular flexibility index (Phi) is 7.77. The van der Waals surface area contributed by atoms with Gasteiger partial charge in [0.15, 0.2) is 0 Å². The van der Waals surface area contributed by atoms with E-state index in [4.69, 9.17) is 14.3 Å². The molecule has 1 aliphatic carbocycles. The number of carboxylic acid groups (broad SMARTS) is 1. The molecule has 3 N–H and O–H groups in total. The van der Waals surface area contributed by atoms with Gasteiger partial charge in [0.25, 0.3) is 0 Å². The van der Waals surface area contributed by atoms with Crippen LogP contribution in [0.5, 0.6) is 0 Å². The minimum Gasteiger partial charge on any atom is -0.475 e. The number of nitrogens with one attached hydrogen (secondary N) is 2. The summed E-state index contributed by atoms with van der Waals surface area (Å²) in [4.78, 5) is 36.3. The van der Waals surface area contributed by atoms with Gasteiger partial charge in [0.2, 0.25) is 11.7 Å². The third-order valence-electron chi connectivity index (χ3n) is 5.87. The Labute approximate surface area is 207 Å². The van der Waals surface area contributed by atoms with Crippen molar-refractivity contribution in [2.45, 2.75) is 24.9 Å². The number of benzene rings is 2. The van der Waals surface area contributed by atoms with Crippen molar-refractivity contribution in [1.82, 2.24) is 10.6 Å². The molecule has 3 aromatic rings. The van der Waals surface area contributed by atoms with Crippen LogP contribution >= 0.6 is 11.8 Å². The molecule has 2 aromatic carbocycles. The van der Waals surface area contributed by atoms with Crippen LogP contribution in [0.1, 0.15) is 39.8 Å². The zero-order valence-electron chi connectivity index (χ0n) is 19.2. The Morgan fingerprint density at radius 1 is 1.03 bits per heavy atom. The lowest BCUT2D eigenvalue weighted by atomic mass is 9.98. The lowest BCUT2D eigenvalue weighted by molar-refractivity contribution is -0.123. The number of hydrogen-bond donors (Lipinski definition) is 3. The second-order valence-corrected chi connectivity index (χ2v) is 9.08. The van der Waals surface area contributed by atoms with Crippen LogP contribution in [-0.2, 0) is 16.1 Å². The Balaban J connectivity index is 1.36. The highest BCUT2D eigenvalue weighted by atomic mass is 32.2. The molecule has 2 amide bonds. The van der Waals surface area contributed by atoms with Crippen LogP contribution in [0, 0.1) is 0 Å². The third-order valence-corrected chi connectivity index (χ3v) is 6.52. The Bertz CT molecular complexity index is 1180. The van der Waals surface area contributed by atoms with Gasteiger partial charge in [0.1, 0.15) is 18.4 Å². The normalized spacial score (nSPS) is 12.9. The number of ether oxygens (including phenoxy) is 1. The van der Waals surface area contributed by atoms with E-state index < -0.39 is 24.0 Å². The van der Waals surface area contributed by atoms with Crippen LogP contribution in [-0.4, -0.2) is 47.7 Å². The maximum absolute atomic E-state index is 12.7. The topological polar surface area (TPSA) is 118 Å². The van der Waals surface area contributed by atoms with Crippen LogP contribution in [0.15, 0.2) is 65.1 Å². The first-order valence-electron chi connectivity index (χ1n) is 11.2. The van der Waals surface area contributed by atoms with Gasteiger partial charge in [-0.25, -0.2) is 9.59 Å². The molecule has 9 heteroatoms. The van der Waals surface area contributed by atoms with Crippen molar-refractivity contribution in [3.63, 3.8) is 0 Å². The number of alkyl carbamates (subject to hydrolysis) is 1. The molecule has 0 aliphatic heterocycles. The number of carboxylic acids is 1. The van der Waals surface area contributed by atoms with Crippen molar-refractivity contribution in [3.05, 3.63) is 83.3 Å². The van der Waals surface area contributed by atoms with E-state index in [0.717, 1.165) is 22.3 Å². The number of hydrogen-bond acceptors (Lipinski definition) is 6. The van der Waals surface area contributed by atoms with Crippen molar-refractivity contribution in [1.29, 1.82) is 0 Å². The van der Waals surface area contributed by atoms with Gasteiger partial charge in [0.05, 0.1) is 6.54 Å². The summed E-state index contributed by atoms with van der Waals surface area (Å²) in [5.74, 6) is -0.899. The van der Waals surface area contributed by atoms with Gasteiger partial charge in [-0.15, -0.1) is 0 Å². The average Bonchev–Trinajstić information content (AvgIpc) is 3.47. The van der Waals surface area contributed by atoms with Gasteiger partial charge in [-0.2, -0.15) is 11.8 Å². The monoisotopic (exact) mass is 494 g/mol. The second kappa shape index (κ2) is 11.1.